The molecule has 0 unspecified atom stereocenters. The minimum Gasteiger partial charge on any atom is -0.480 e. The average Bonchev–Trinajstić information content (AvgIpc) is 2.74. The number of carboxylic acid groups (broad SMARTS) is 1. The van der Waals surface area contributed by atoms with Gasteiger partial charge in [-0.15, -0.1) is 11.3 Å². The third-order valence-corrected chi connectivity index (χ3v) is 4.01. The molecule has 1 N–H and O–H groups in total. The predicted molar refractivity (Wildman–Crippen MR) is 79.5 cm³/mol. The second-order valence-corrected chi connectivity index (χ2v) is 5.83. The lowest BCUT2D eigenvalue weighted by molar-refractivity contribution is -0.135. The second kappa shape index (κ2) is 6.28. The summed E-state index contributed by atoms with van der Waals surface area (Å²) in [5.41, 5.74) is 0.816. The molecular weight excluding hydrogens is 305 g/mol. The monoisotopic (exact) mass is 315 g/mol. The number of aliphatic carboxylic acids is 1. The van der Waals surface area contributed by atoms with Crippen molar-refractivity contribution >= 4 is 46.2 Å². The van der Waals surface area contributed by atoms with Gasteiger partial charge in [0.2, 0.25) is 0 Å². The summed E-state index contributed by atoms with van der Waals surface area (Å²) in [5, 5.41) is 12.1. The zero-order valence-electron chi connectivity index (χ0n) is 9.85. The van der Waals surface area contributed by atoms with Gasteiger partial charge in [0, 0.05) is 21.0 Å². The Balaban J connectivity index is 2.20. The molecule has 0 bridgehead atoms. The largest absolute Gasteiger partial charge is 0.480 e. The van der Waals surface area contributed by atoms with Crippen molar-refractivity contribution in [3.8, 4) is 0 Å². The molecule has 100 valence electrons. The van der Waals surface area contributed by atoms with Gasteiger partial charge in [-0.05, 0) is 30.3 Å². The van der Waals surface area contributed by atoms with Crippen molar-refractivity contribution in [3.05, 3.63) is 50.6 Å². The van der Waals surface area contributed by atoms with Gasteiger partial charge >= 0.3 is 5.97 Å². The minimum atomic E-state index is -0.877. The lowest BCUT2D eigenvalue weighted by Crippen LogP contribution is -2.28. The van der Waals surface area contributed by atoms with Crippen LogP contribution < -0.4 is 4.90 Å². The highest BCUT2D eigenvalue weighted by Crippen LogP contribution is 2.24. The first-order valence-corrected chi connectivity index (χ1v) is 7.13. The van der Waals surface area contributed by atoms with Gasteiger partial charge in [0.1, 0.15) is 6.54 Å². The Bertz CT molecular complexity index is 568. The van der Waals surface area contributed by atoms with Gasteiger partial charge in [0.05, 0.1) is 11.6 Å². The Morgan fingerprint density at radius 1 is 1.21 bits per heavy atom. The predicted octanol–water partition coefficient (Wildman–Crippen LogP) is 4.15. The van der Waals surface area contributed by atoms with Crippen LogP contribution in [0, 0.1) is 0 Å². The molecule has 3 nitrogen and oxygen atoms in total. The summed E-state index contributed by atoms with van der Waals surface area (Å²) in [6.07, 6.45) is 0. The summed E-state index contributed by atoms with van der Waals surface area (Å²) in [6.45, 7) is 0.433. The smallest absolute Gasteiger partial charge is 0.323 e. The highest BCUT2D eigenvalue weighted by atomic mass is 35.5. The van der Waals surface area contributed by atoms with Crippen molar-refractivity contribution < 1.29 is 9.90 Å². The third-order valence-electron chi connectivity index (χ3n) is 2.49. The summed E-state index contributed by atoms with van der Waals surface area (Å²) in [6, 6.07) is 8.94. The number of hydrogen-bond acceptors (Lipinski definition) is 3. The maximum atomic E-state index is 11.0. The lowest BCUT2D eigenvalue weighted by Gasteiger charge is -2.22. The molecule has 0 aliphatic rings. The molecule has 0 saturated carbocycles. The maximum absolute atomic E-state index is 11.0. The van der Waals surface area contributed by atoms with Gasteiger partial charge in [0.25, 0.3) is 0 Å². The maximum Gasteiger partial charge on any atom is 0.323 e. The molecule has 0 atom stereocenters. The molecule has 0 spiro atoms. The molecule has 1 aromatic heterocycles. The van der Waals surface area contributed by atoms with Crippen LogP contribution in [-0.4, -0.2) is 17.6 Å². The third kappa shape index (κ3) is 4.13. The van der Waals surface area contributed by atoms with Gasteiger partial charge in [-0.25, -0.2) is 0 Å². The van der Waals surface area contributed by atoms with Crippen molar-refractivity contribution in [1.82, 2.24) is 0 Å². The molecule has 6 heteroatoms. The SMILES string of the molecule is O=C(O)CN(Cc1cc(Cl)cs1)c1ccc(Cl)cc1. The van der Waals surface area contributed by atoms with Crippen LogP contribution in [0.3, 0.4) is 0 Å². The number of thiophene rings is 1. The van der Waals surface area contributed by atoms with E-state index in [-0.39, 0.29) is 6.54 Å². The van der Waals surface area contributed by atoms with E-state index in [0.717, 1.165) is 10.6 Å². The van der Waals surface area contributed by atoms with E-state index >= 15 is 0 Å². The van der Waals surface area contributed by atoms with Crippen molar-refractivity contribution in [2.45, 2.75) is 6.54 Å². The van der Waals surface area contributed by atoms with Crippen molar-refractivity contribution in [2.75, 3.05) is 11.4 Å². The van der Waals surface area contributed by atoms with Crippen LogP contribution in [0.2, 0.25) is 10.0 Å². The van der Waals surface area contributed by atoms with Crippen LogP contribution in [0.25, 0.3) is 0 Å². The summed E-state index contributed by atoms with van der Waals surface area (Å²) < 4.78 is 0. The molecule has 0 amide bonds. The molecular formula is C13H11Cl2NO2S. The topological polar surface area (TPSA) is 40.5 Å². The van der Waals surface area contributed by atoms with E-state index in [9.17, 15) is 4.79 Å². The Morgan fingerprint density at radius 3 is 2.42 bits per heavy atom. The summed E-state index contributed by atoms with van der Waals surface area (Å²) in [7, 11) is 0. The lowest BCUT2D eigenvalue weighted by atomic mass is 10.2. The molecule has 2 aromatic rings. The number of benzene rings is 1. The van der Waals surface area contributed by atoms with Gasteiger partial charge < -0.3 is 10.0 Å². The first-order valence-electron chi connectivity index (χ1n) is 5.50. The zero-order valence-corrected chi connectivity index (χ0v) is 12.2. The second-order valence-electron chi connectivity index (χ2n) is 3.96. The zero-order chi connectivity index (χ0) is 13.8. The molecule has 0 radical (unpaired) electrons. The molecule has 1 aromatic carbocycles. The number of rotatable bonds is 5. The number of carboxylic acids is 1. The Morgan fingerprint density at radius 2 is 1.89 bits per heavy atom. The van der Waals surface area contributed by atoms with Crippen molar-refractivity contribution in [3.63, 3.8) is 0 Å². The number of anilines is 1. The first kappa shape index (κ1) is 14.2. The van der Waals surface area contributed by atoms with Gasteiger partial charge in [-0.3, -0.25) is 4.79 Å². The van der Waals surface area contributed by atoms with E-state index in [1.54, 1.807) is 29.2 Å². The van der Waals surface area contributed by atoms with Crippen LogP contribution in [0.5, 0.6) is 0 Å². The highest BCUT2D eigenvalue weighted by molar-refractivity contribution is 7.10. The van der Waals surface area contributed by atoms with Crippen LogP contribution >= 0.6 is 34.5 Å². The van der Waals surface area contributed by atoms with E-state index in [1.165, 1.54) is 11.3 Å². The van der Waals surface area contributed by atoms with Crippen LogP contribution in [0.15, 0.2) is 35.7 Å². The van der Waals surface area contributed by atoms with E-state index < -0.39 is 5.97 Å². The summed E-state index contributed by atoms with van der Waals surface area (Å²) >= 11 is 13.2. The Hall–Kier alpha value is -1.23. The fourth-order valence-electron chi connectivity index (χ4n) is 1.68. The van der Waals surface area contributed by atoms with Crippen LogP contribution in [0.1, 0.15) is 4.88 Å². The summed E-state index contributed by atoms with van der Waals surface area (Å²) in [4.78, 5) is 13.7. The normalized spacial score (nSPS) is 10.4. The minimum absolute atomic E-state index is 0.0723. The Labute approximate surface area is 125 Å². The molecule has 2 rings (SSSR count). The van der Waals surface area contributed by atoms with E-state index in [1.807, 2.05) is 11.4 Å². The highest BCUT2D eigenvalue weighted by Gasteiger charge is 2.12. The fraction of sp³-hybridized carbons (Fsp3) is 0.154. The molecule has 0 saturated heterocycles. The number of carbonyl (C=O) groups is 1. The van der Waals surface area contributed by atoms with Crippen molar-refractivity contribution in [1.29, 1.82) is 0 Å². The van der Waals surface area contributed by atoms with Gasteiger partial charge in [-0.1, -0.05) is 23.2 Å². The first-order chi connectivity index (χ1) is 9.04. The molecule has 19 heavy (non-hydrogen) atoms. The van der Waals surface area contributed by atoms with Crippen molar-refractivity contribution in [2.24, 2.45) is 0 Å². The van der Waals surface area contributed by atoms with E-state index in [0.29, 0.717) is 16.6 Å². The molecule has 0 fully saturated rings. The van der Waals surface area contributed by atoms with Gasteiger partial charge in [0.15, 0.2) is 0 Å². The van der Waals surface area contributed by atoms with Gasteiger partial charge in [-0.2, -0.15) is 0 Å². The number of hydrogen-bond donors (Lipinski definition) is 1. The van der Waals surface area contributed by atoms with E-state index in [2.05, 4.69) is 0 Å². The van der Waals surface area contributed by atoms with E-state index in [4.69, 9.17) is 28.3 Å². The molecule has 0 aliphatic carbocycles. The van der Waals surface area contributed by atoms with Crippen LogP contribution in [0.4, 0.5) is 5.69 Å². The van der Waals surface area contributed by atoms with Crippen LogP contribution in [-0.2, 0) is 11.3 Å². The quantitative estimate of drug-likeness (QED) is 0.901. The average molecular weight is 316 g/mol. The number of nitrogens with zero attached hydrogens (tertiary/aromatic N) is 1. The number of halogens is 2. The molecule has 1 heterocycles. The standard InChI is InChI=1S/C13H11Cl2NO2S/c14-9-1-3-11(4-2-9)16(7-13(17)18)6-12-5-10(15)8-19-12/h1-5,8H,6-7H2,(H,17,18). The summed E-state index contributed by atoms with van der Waals surface area (Å²) in [5.74, 6) is -0.877. The molecule has 0 aliphatic heterocycles. The Kier molecular flexibility index (Phi) is 4.69. The fourth-order valence-corrected chi connectivity index (χ4v) is 2.89.